The number of rotatable bonds is 11. The zero-order valence-electron chi connectivity index (χ0n) is 21.1. The molecule has 1 heterocycles. The van der Waals surface area contributed by atoms with Crippen LogP contribution >= 0.6 is 0 Å². The molecule has 37 heavy (non-hydrogen) atoms. The zero-order valence-corrected chi connectivity index (χ0v) is 21.1. The predicted molar refractivity (Wildman–Crippen MR) is 137 cm³/mol. The Balaban J connectivity index is 1.60. The number of hydrogen-bond donors (Lipinski definition) is 2. The van der Waals surface area contributed by atoms with E-state index in [1.165, 1.54) is 0 Å². The van der Waals surface area contributed by atoms with E-state index in [1.54, 1.807) is 30.6 Å². The van der Waals surface area contributed by atoms with Gasteiger partial charge in [-0.05, 0) is 61.6 Å². The van der Waals surface area contributed by atoms with Gasteiger partial charge in [-0.15, -0.1) is 0 Å². The number of azo groups is 1. The Morgan fingerprint density at radius 3 is 2.35 bits per heavy atom. The average molecular weight is 507 g/mol. The minimum absolute atomic E-state index is 0.0569. The van der Waals surface area contributed by atoms with Gasteiger partial charge in [0.05, 0.1) is 24.0 Å². The first-order valence-corrected chi connectivity index (χ1v) is 12.3. The molecule has 0 bridgehead atoms. The fourth-order valence-electron chi connectivity index (χ4n) is 3.85. The molecule has 0 aliphatic carbocycles. The van der Waals surface area contributed by atoms with Crippen molar-refractivity contribution in [1.29, 1.82) is 0 Å². The second kappa shape index (κ2) is 14.0. The summed E-state index contributed by atoms with van der Waals surface area (Å²) in [4.78, 5) is 50.4. The predicted octanol–water partition coefficient (Wildman–Crippen LogP) is 3.96. The molecule has 1 fully saturated rings. The van der Waals surface area contributed by atoms with E-state index in [-0.39, 0.29) is 24.5 Å². The van der Waals surface area contributed by atoms with Crippen molar-refractivity contribution in [2.75, 3.05) is 13.1 Å². The highest BCUT2D eigenvalue weighted by atomic mass is 16.6. The normalized spacial score (nSPS) is 15.9. The van der Waals surface area contributed by atoms with Gasteiger partial charge in [0.2, 0.25) is 12.2 Å². The summed E-state index contributed by atoms with van der Waals surface area (Å²) in [5, 5.41) is 14.1. The fraction of sp³-hybridized carbons (Fsp3) is 0.407. The van der Waals surface area contributed by atoms with Gasteiger partial charge >= 0.3 is 6.09 Å². The van der Waals surface area contributed by atoms with Gasteiger partial charge in [0.1, 0.15) is 12.6 Å². The summed E-state index contributed by atoms with van der Waals surface area (Å²) in [6.45, 7) is 3.82. The number of hydrogen-bond acceptors (Lipinski definition) is 8. The van der Waals surface area contributed by atoms with Crippen LogP contribution in [0.4, 0.5) is 16.2 Å². The van der Waals surface area contributed by atoms with Gasteiger partial charge in [-0.3, -0.25) is 14.4 Å². The van der Waals surface area contributed by atoms with E-state index < -0.39 is 24.6 Å². The van der Waals surface area contributed by atoms with Crippen molar-refractivity contribution in [2.24, 2.45) is 16.1 Å². The van der Waals surface area contributed by atoms with Crippen LogP contribution in [0.2, 0.25) is 0 Å². The third-order valence-corrected chi connectivity index (χ3v) is 5.74. The maximum atomic E-state index is 13.2. The number of ether oxygens (including phenoxy) is 1. The quantitative estimate of drug-likeness (QED) is 0.444. The molecule has 195 valence electrons. The van der Waals surface area contributed by atoms with Crippen molar-refractivity contribution in [3.8, 4) is 0 Å². The van der Waals surface area contributed by atoms with E-state index in [0.717, 1.165) is 18.7 Å². The Morgan fingerprint density at radius 1 is 1.08 bits per heavy atom. The maximum Gasteiger partial charge on any atom is 0.417 e. The Morgan fingerprint density at radius 2 is 1.76 bits per heavy atom. The number of imide groups is 1. The van der Waals surface area contributed by atoms with Crippen LogP contribution in [0.1, 0.15) is 38.7 Å². The largest absolute Gasteiger partial charge is 0.444 e. The van der Waals surface area contributed by atoms with Gasteiger partial charge in [-0.25, -0.2) is 9.69 Å². The van der Waals surface area contributed by atoms with E-state index in [0.29, 0.717) is 29.0 Å². The van der Waals surface area contributed by atoms with E-state index in [1.807, 2.05) is 44.2 Å². The highest BCUT2D eigenvalue weighted by Crippen LogP contribution is 2.19. The summed E-state index contributed by atoms with van der Waals surface area (Å²) in [5.74, 6) is -0.948. The molecule has 3 rings (SSSR count). The van der Waals surface area contributed by atoms with Crippen LogP contribution in [0, 0.1) is 5.92 Å². The van der Waals surface area contributed by atoms with Gasteiger partial charge in [-0.1, -0.05) is 44.2 Å². The van der Waals surface area contributed by atoms with Crippen molar-refractivity contribution in [2.45, 2.75) is 51.8 Å². The van der Waals surface area contributed by atoms with Gasteiger partial charge < -0.3 is 15.4 Å². The van der Waals surface area contributed by atoms with Crippen molar-refractivity contribution in [1.82, 2.24) is 15.5 Å². The molecule has 1 radical (unpaired) electrons. The molecule has 1 saturated heterocycles. The van der Waals surface area contributed by atoms with Crippen molar-refractivity contribution in [3.05, 3.63) is 60.2 Å². The summed E-state index contributed by atoms with van der Waals surface area (Å²) in [5.41, 5.74) is 2.01. The summed E-state index contributed by atoms with van der Waals surface area (Å²) >= 11 is 0. The zero-order chi connectivity index (χ0) is 26.6. The van der Waals surface area contributed by atoms with Crippen LogP contribution < -0.4 is 10.6 Å². The SMILES string of the molecule is CC(C)C[C@H](NC(=O)[C@@H]1CCCN1)C(=O)N(C[C]=O)C(=O)OCc1ccc(N=Nc2ccccc2)cc1. The summed E-state index contributed by atoms with van der Waals surface area (Å²) in [6.07, 6.45) is 2.45. The fourth-order valence-corrected chi connectivity index (χ4v) is 3.85. The number of benzene rings is 2. The molecule has 2 aromatic carbocycles. The number of carbonyl (C=O) groups is 3. The topological polar surface area (TPSA) is 130 Å². The minimum atomic E-state index is -0.983. The second-order valence-corrected chi connectivity index (χ2v) is 9.16. The first kappa shape index (κ1) is 27.7. The first-order chi connectivity index (χ1) is 17.9. The van der Waals surface area contributed by atoms with Gasteiger partial charge in [0, 0.05) is 0 Å². The molecular weight excluding hydrogens is 474 g/mol. The molecule has 2 aromatic rings. The lowest BCUT2D eigenvalue weighted by atomic mass is 10.0. The van der Waals surface area contributed by atoms with Crippen LogP contribution in [-0.4, -0.2) is 54.3 Å². The van der Waals surface area contributed by atoms with Crippen LogP contribution in [0.25, 0.3) is 0 Å². The van der Waals surface area contributed by atoms with E-state index in [2.05, 4.69) is 20.9 Å². The summed E-state index contributed by atoms with van der Waals surface area (Å²) < 4.78 is 5.30. The maximum absolute atomic E-state index is 13.2. The molecule has 1 aliphatic heterocycles. The number of nitrogens with zero attached hydrogens (tertiary/aromatic N) is 3. The van der Waals surface area contributed by atoms with Gasteiger partial charge in [-0.2, -0.15) is 10.2 Å². The molecule has 0 aromatic heterocycles. The third kappa shape index (κ3) is 8.60. The molecular formula is C27H32N5O5. The highest BCUT2D eigenvalue weighted by molar-refractivity contribution is 5.98. The van der Waals surface area contributed by atoms with Crippen LogP contribution in [0.3, 0.4) is 0 Å². The third-order valence-electron chi connectivity index (χ3n) is 5.74. The molecule has 2 N–H and O–H groups in total. The van der Waals surface area contributed by atoms with Crippen molar-refractivity contribution >= 4 is 35.6 Å². The van der Waals surface area contributed by atoms with Crippen molar-refractivity contribution in [3.63, 3.8) is 0 Å². The first-order valence-electron chi connectivity index (χ1n) is 12.3. The molecule has 0 spiro atoms. The van der Waals surface area contributed by atoms with Crippen LogP contribution in [0.15, 0.2) is 64.8 Å². The molecule has 10 heteroatoms. The lowest BCUT2D eigenvalue weighted by Crippen LogP contribution is -2.54. The average Bonchev–Trinajstić information content (AvgIpc) is 3.45. The Labute approximate surface area is 216 Å². The van der Waals surface area contributed by atoms with Crippen LogP contribution in [0.5, 0.6) is 0 Å². The lowest BCUT2D eigenvalue weighted by Gasteiger charge is -2.26. The number of nitrogens with one attached hydrogen (secondary N) is 2. The molecule has 2 atom stereocenters. The number of carbonyl (C=O) groups excluding carboxylic acids is 4. The highest BCUT2D eigenvalue weighted by Gasteiger charge is 2.33. The van der Waals surface area contributed by atoms with Gasteiger partial charge in [0.25, 0.3) is 5.91 Å². The second-order valence-electron chi connectivity index (χ2n) is 9.16. The van der Waals surface area contributed by atoms with Gasteiger partial charge in [0.15, 0.2) is 0 Å². The Kier molecular flexibility index (Phi) is 10.5. The lowest BCUT2D eigenvalue weighted by molar-refractivity contribution is -0.135. The standard InChI is InChI=1S/C27H32N5O5/c1-19(2)17-24(29-25(34)23-9-6-14-28-23)26(35)32(15-16-33)27(36)37-18-20-10-12-22(13-11-20)31-30-21-7-4-3-5-8-21/h3-5,7-8,10-13,19,23-24,28H,6,9,14-15,17-18H2,1-2H3,(H,29,34)/t23-,24-/m0/s1. The monoisotopic (exact) mass is 506 g/mol. The molecule has 1 aliphatic rings. The Bertz CT molecular complexity index is 1080. The minimum Gasteiger partial charge on any atom is -0.444 e. The molecule has 3 amide bonds. The summed E-state index contributed by atoms with van der Waals surface area (Å²) in [6, 6.07) is 14.9. The van der Waals surface area contributed by atoms with E-state index in [4.69, 9.17) is 4.74 Å². The summed E-state index contributed by atoms with van der Waals surface area (Å²) in [7, 11) is 0. The smallest absolute Gasteiger partial charge is 0.417 e. The molecule has 10 nitrogen and oxygen atoms in total. The van der Waals surface area contributed by atoms with Crippen LogP contribution in [-0.2, 0) is 25.7 Å². The Hall–Kier alpha value is -3.92. The molecule has 0 unspecified atom stereocenters. The number of amides is 3. The van der Waals surface area contributed by atoms with E-state index >= 15 is 0 Å². The molecule has 0 saturated carbocycles. The van der Waals surface area contributed by atoms with Crippen molar-refractivity contribution < 1.29 is 23.9 Å². The van der Waals surface area contributed by atoms with E-state index in [9.17, 15) is 19.2 Å².